The number of carboxylic acid groups (broad SMARTS) is 1. The van der Waals surface area contributed by atoms with Gasteiger partial charge in [-0.25, -0.2) is 13.2 Å². The molecule has 1 N–H and O–H groups in total. The van der Waals surface area contributed by atoms with Gasteiger partial charge in [0, 0.05) is 26.0 Å². The summed E-state index contributed by atoms with van der Waals surface area (Å²) in [5, 5.41) is 8.97. The van der Waals surface area contributed by atoms with Crippen LogP contribution in [0.2, 0.25) is 0 Å². The maximum Gasteiger partial charge on any atom is 0.335 e. The van der Waals surface area contributed by atoms with Gasteiger partial charge in [0.1, 0.15) is 11.4 Å². The molecule has 1 aromatic heterocycles. The molecule has 0 radical (unpaired) electrons. The van der Waals surface area contributed by atoms with Crippen LogP contribution in [0.1, 0.15) is 27.3 Å². The number of nitrogens with zero attached hydrogens (tertiary/aromatic N) is 2. The number of hydrogen-bond donors (Lipinski definition) is 1. The van der Waals surface area contributed by atoms with Gasteiger partial charge in [0.15, 0.2) is 9.84 Å². The summed E-state index contributed by atoms with van der Waals surface area (Å²) in [4.78, 5) is 28.8. The van der Waals surface area contributed by atoms with Gasteiger partial charge in [-0.1, -0.05) is 6.07 Å². The van der Waals surface area contributed by atoms with Crippen molar-refractivity contribution < 1.29 is 27.9 Å². The van der Waals surface area contributed by atoms with Gasteiger partial charge in [0.25, 0.3) is 5.91 Å². The zero-order chi connectivity index (χ0) is 20.0. The van der Waals surface area contributed by atoms with Crippen LogP contribution in [-0.2, 0) is 9.84 Å². The Hall–Kier alpha value is -2.94. The van der Waals surface area contributed by atoms with Crippen LogP contribution in [0.3, 0.4) is 0 Å². The van der Waals surface area contributed by atoms with E-state index in [1.807, 2.05) is 0 Å². The highest BCUT2D eigenvalue weighted by Crippen LogP contribution is 2.17. The minimum atomic E-state index is -3.30. The van der Waals surface area contributed by atoms with E-state index in [0.29, 0.717) is 18.7 Å². The second-order valence-corrected chi connectivity index (χ2v) is 7.93. The van der Waals surface area contributed by atoms with Crippen molar-refractivity contribution in [2.45, 2.75) is 11.3 Å². The van der Waals surface area contributed by atoms with E-state index in [4.69, 9.17) is 9.84 Å². The molecule has 0 atom stereocenters. The first kappa shape index (κ1) is 20.4. The van der Waals surface area contributed by atoms with Crippen LogP contribution in [-0.4, -0.2) is 61.7 Å². The molecule has 0 fully saturated rings. The van der Waals surface area contributed by atoms with Crippen LogP contribution in [0.25, 0.3) is 0 Å². The number of ether oxygens (including phenoxy) is 1. The van der Waals surface area contributed by atoms with Gasteiger partial charge in [0.2, 0.25) is 0 Å². The number of benzene rings is 1. The van der Waals surface area contributed by atoms with Crippen LogP contribution >= 0.6 is 0 Å². The zero-order valence-electron chi connectivity index (χ0n) is 15.0. The highest BCUT2D eigenvalue weighted by molar-refractivity contribution is 7.90. The molecule has 2 rings (SSSR count). The molecule has 0 saturated carbocycles. The zero-order valence-corrected chi connectivity index (χ0v) is 15.8. The maximum absolute atomic E-state index is 12.3. The summed E-state index contributed by atoms with van der Waals surface area (Å²) in [5.74, 6) is -1.08. The lowest BCUT2D eigenvalue weighted by molar-refractivity contribution is 0.0696. The highest BCUT2D eigenvalue weighted by atomic mass is 32.2. The minimum absolute atomic E-state index is 0.00385. The largest absolute Gasteiger partial charge is 0.493 e. The number of rotatable bonds is 8. The summed E-state index contributed by atoms with van der Waals surface area (Å²) in [7, 11) is -1.72. The van der Waals surface area contributed by atoms with E-state index in [2.05, 4.69) is 4.98 Å². The molecule has 0 bridgehead atoms. The van der Waals surface area contributed by atoms with Crippen LogP contribution in [0.15, 0.2) is 47.5 Å². The molecule has 0 aliphatic rings. The van der Waals surface area contributed by atoms with E-state index >= 15 is 0 Å². The summed E-state index contributed by atoms with van der Waals surface area (Å²) >= 11 is 0. The first-order valence-electron chi connectivity index (χ1n) is 8.06. The number of aromatic nitrogens is 1. The molecule has 1 amide bonds. The normalized spacial score (nSPS) is 11.0. The summed E-state index contributed by atoms with van der Waals surface area (Å²) in [5.41, 5.74) is 0.0509. The van der Waals surface area contributed by atoms with E-state index in [1.165, 1.54) is 35.4 Å². The Balaban J connectivity index is 1.87. The Morgan fingerprint density at radius 3 is 2.63 bits per heavy atom. The third kappa shape index (κ3) is 5.78. The predicted octanol–water partition coefficient (Wildman–Crippen LogP) is 1.72. The van der Waals surface area contributed by atoms with E-state index in [1.54, 1.807) is 19.2 Å². The molecule has 1 aromatic carbocycles. The average Bonchev–Trinajstić information content (AvgIpc) is 2.64. The third-order valence-corrected chi connectivity index (χ3v) is 4.82. The van der Waals surface area contributed by atoms with Crippen molar-refractivity contribution in [2.75, 3.05) is 26.5 Å². The number of carboxylic acids is 1. The first-order valence-corrected chi connectivity index (χ1v) is 9.95. The number of aromatic carboxylic acids is 1. The molecule has 27 heavy (non-hydrogen) atoms. The Bertz CT molecular complexity index is 942. The van der Waals surface area contributed by atoms with Gasteiger partial charge >= 0.3 is 5.97 Å². The van der Waals surface area contributed by atoms with Gasteiger partial charge in [-0.2, -0.15) is 0 Å². The van der Waals surface area contributed by atoms with Crippen LogP contribution in [0.4, 0.5) is 0 Å². The predicted molar refractivity (Wildman–Crippen MR) is 97.8 cm³/mol. The lowest BCUT2D eigenvalue weighted by atomic mass is 10.2. The molecule has 0 saturated heterocycles. The second kappa shape index (κ2) is 8.63. The van der Waals surface area contributed by atoms with Crippen molar-refractivity contribution in [1.82, 2.24) is 9.88 Å². The number of sulfone groups is 1. The van der Waals surface area contributed by atoms with Crippen molar-refractivity contribution >= 4 is 21.7 Å². The second-order valence-electron chi connectivity index (χ2n) is 5.91. The summed E-state index contributed by atoms with van der Waals surface area (Å²) in [6.07, 6.45) is 2.91. The molecule has 8 nitrogen and oxygen atoms in total. The van der Waals surface area contributed by atoms with Gasteiger partial charge < -0.3 is 14.7 Å². The van der Waals surface area contributed by atoms with Crippen molar-refractivity contribution in [3.05, 3.63) is 53.9 Å². The summed E-state index contributed by atoms with van der Waals surface area (Å²) in [6.45, 7) is 0.650. The van der Waals surface area contributed by atoms with Gasteiger partial charge in [-0.3, -0.25) is 9.78 Å². The fourth-order valence-corrected chi connectivity index (χ4v) is 2.92. The lowest BCUT2D eigenvalue weighted by Gasteiger charge is -2.17. The van der Waals surface area contributed by atoms with Crippen molar-refractivity contribution in [2.24, 2.45) is 0 Å². The number of carbonyl (C=O) groups excluding carboxylic acids is 1. The number of pyridine rings is 1. The smallest absolute Gasteiger partial charge is 0.335 e. The Labute approximate surface area is 157 Å². The standard InChI is InChI=1S/C18H20N2O6S/c1-20(17(21)16-11-13(18(22)23)7-8-19-16)9-4-10-26-14-5-3-6-15(12-14)27(2,24)25/h3,5-8,11-12H,4,9-10H2,1-2H3,(H,22,23). The molecule has 9 heteroatoms. The molecule has 1 heterocycles. The monoisotopic (exact) mass is 392 g/mol. The minimum Gasteiger partial charge on any atom is -0.493 e. The van der Waals surface area contributed by atoms with E-state index < -0.39 is 21.7 Å². The third-order valence-electron chi connectivity index (χ3n) is 3.71. The van der Waals surface area contributed by atoms with Crippen molar-refractivity contribution in [3.63, 3.8) is 0 Å². The van der Waals surface area contributed by atoms with Crippen molar-refractivity contribution in [3.8, 4) is 5.75 Å². The van der Waals surface area contributed by atoms with Gasteiger partial charge in [-0.05, 0) is 36.8 Å². The topological polar surface area (TPSA) is 114 Å². The summed E-state index contributed by atoms with van der Waals surface area (Å²) in [6, 6.07) is 8.75. The van der Waals surface area contributed by atoms with Crippen molar-refractivity contribution in [1.29, 1.82) is 0 Å². The average molecular weight is 392 g/mol. The molecular weight excluding hydrogens is 372 g/mol. The molecular formula is C18H20N2O6S. The molecule has 0 aliphatic carbocycles. The SMILES string of the molecule is CN(CCCOc1cccc(S(C)(=O)=O)c1)C(=O)c1cc(C(=O)O)ccn1. The lowest BCUT2D eigenvalue weighted by Crippen LogP contribution is -2.29. The Morgan fingerprint density at radius 2 is 1.96 bits per heavy atom. The molecule has 144 valence electrons. The van der Waals surface area contributed by atoms with Crippen LogP contribution < -0.4 is 4.74 Å². The summed E-state index contributed by atoms with van der Waals surface area (Å²) < 4.78 is 28.6. The van der Waals surface area contributed by atoms with E-state index in [9.17, 15) is 18.0 Å². The molecule has 0 unspecified atom stereocenters. The maximum atomic E-state index is 12.3. The fraction of sp³-hybridized carbons (Fsp3) is 0.278. The van der Waals surface area contributed by atoms with E-state index in [0.717, 1.165) is 6.26 Å². The van der Waals surface area contributed by atoms with Gasteiger partial charge in [-0.15, -0.1) is 0 Å². The fourth-order valence-electron chi connectivity index (χ4n) is 2.26. The molecule has 0 aliphatic heterocycles. The molecule has 2 aromatic rings. The number of amides is 1. The highest BCUT2D eigenvalue weighted by Gasteiger charge is 2.15. The van der Waals surface area contributed by atoms with Gasteiger partial charge in [0.05, 0.1) is 17.1 Å². The Morgan fingerprint density at radius 1 is 1.22 bits per heavy atom. The van der Waals surface area contributed by atoms with Crippen LogP contribution in [0.5, 0.6) is 5.75 Å². The first-order chi connectivity index (χ1) is 12.7. The molecule has 0 spiro atoms. The quantitative estimate of drug-likeness (QED) is 0.680. The Kier molecular flexibility index (Phi) is 6.51. The van der Waals surface area contributed by atoms with Crippen LogP contribution in [0, 0.1) is 0 Å². The number of carbonyl (C=O) groups is 2. The van der Waals surface area contributed by atoms with E-state index in [-0.39, 0.29) is 22.8 Å². The number of hydrogen-bond acceptors (Lipinski definition) is 6.